The van der Waals surface area contributed by atoms with Gasteiger partial charge in [-0.05, 0) is 118 Å². The van der Waals surface area contributed by atoms with E-state index in [9.17, 15) is 30.7 Å². The minimum atomic E-state index is -4.31. The van der Waals surface area contributed by atoms with Crippen LogP contribution in [0, 0.1) is 6.92 Å². The number of aryl methyl sites for hydroxylation is 1. The molecule has 0 saturated carbocycles. The zero-order chi connectivity index (χ0) is 42.6. The lowest BCUT2D eigenvalue weighted by molar-refractivity contribution is -0.438. The average Bonchev–Trinajstić information content (AvgIpc) is 3.52. The summed E-state index contributed by atoms with van der Waals surface area (Å²) >= 11 is 1.04. The number of fused-ring (bicyclic) bond motifs is 2. The number of hydrogen-bond acceptors (Lipinski definition) is 9. The Morgan fingerprint density at radius 3 is 2.24 bits per heavy atom. The molecule has 10 nitrogen and oxygen atoms in total. The molecule has 0 atom stereocenters. The van der Waals surface area contributed by atoms with Gasteiger partial charge in [-0.25, -0.2) is 13.2 Å². The number of benzene rings is 3. The molecule has 6 rings (SSSR count). The molecule has 1 aliphatic carbocycles. The van der Waals surface area contributed by atoms with E-state index < -0.39 is 31.3 Å². The van der Waals surface area contributed by atoms with Crippen LogP contribution in [0.25, 0.3) is 0 Å². The lowest BCUT2D eigenvalue weighted by Gasteiger charge is -2.27. The summed E-state index contributed by atoms with van der Waals surface area (Å²) < 4.78 is 74.9. The van der Waals surface area contributed by atoms with Gasteiger partial charge in [0.1, 0.15) is 12.3 Å². The molecule has 3 aromatic carbocycles. The number of ether oxygens (including phenoxy) is 1. The number of anilines is 1. The summed E-state index contributed by atoms with van der Waals surface area (Å²) in [5.41, 5.74) is 8.52. The summed E-state index contributed by atoms with van der Waals surface area (Å²) in [6.07, 6.45) is 12.1. The summed E-state index contributed by atoms with van der Waals surface area (Å²) in [5, 5.41) is -0.444. The second kappa shape index (κ2) is 18.1. The molecule has 0 aromatic heterocycles. The first kappa shape index (κ1) is 44.3. The van der Waals surface area contributed by atoms with Crippen LogP contribution in [-0.2, 0) is 35.8 Å². The minimum absolute atomic E-state index is 0.263. The van der Waals surface area contributed by atoms with Crippen LogP contribution >= 0.6 is 11.8 Å². The van der Waals surface area contributed by atoms with Gasteiger partial charge in [-0.3, -0.25) is 4.55 Å². The highest BCUT2D eigenvalue weighted by molar-refractivity contribution is 8.13. The first-order valence-electron chi connectivity index (χ1n) is 20.1. The van der Waals surface area contributed by atoms with E-state index >= 15 is 0 Å². The van der Waals surface area contributed by atoms with Gasteiger partial charge in [0.05, 0.1) is 21.3 Å². The van der Waals surface area contributed by atoms with Gasteiger partial charge in [-0.15, -0.1) is 0 Å². The lowest BCUT2D eigenvalue weighted by Crippen LogP contribution is -2.28. The molecule has 0 radical (unpaired) electrons. The van der Waals surface area contributed by atoms with Crippen LogP contribution < -0.4 is 4.90 Å². The number of para-hydroxylation sites is 2. The maximum absolute atomic E-state index is 13.7. The zero-order valence-corrected chi connectivity index (χ0v) is 36.9. The van der Waals surface area contributed by atoms with Crippen LogP contribution in [0.5, 0.6) is 0 Å². The predicted molar refractivity (Wildman–Crippen MR) is 235 cm³/mol. The Morgan fingerprint density at radius 1 is 0.847 bits per heavy atom. The van der Waals surface area contributed by atoms with Gasteiger partial charge < -0.3 is 14.2 Å². The molecule has 0 amide bonds. The summed E-state index contributed by atoms with van der Waals surface area (Å²) in [7, 11) is -8.37. The van der Waals surface area contributed by atoms with E-state index in [1.165, 1.54) is 0 Å². The van der Waals surface area contributed by atoms with Gasteiger partial charge >= 0.3 is 5.30 Å². The highest BCUT2D eigenvalue weighted by atomic mass is 32.2. The molecule has 0 fully saturated rings. The first-order valence-corrected chi connectivity index (χ1v) is 24.1. The van der Waals surface area contributed by atoms with Crippen molar-refractivity contribution in [1.29, 1.82) is 0 Å². The van der Waals surface area contributed by atoms with Crippen molar-refractivity contribution in [3.63, 3.8) is 0 Å². The van der Waals surface area contributed by atoms with E-state index in [4.69, 9.17) is 4.74 Å². The van der Waals surface area contributed by atoms with Crippen molar-refractivity contribution in [1.82, 2.24) is 0 Å². The Bertz CT molecular complexity index is 2460. The molecule has 2 aliphatic heterocycles. The molecule has 3 aromatic rings. The van der Waals surface area contributed by atoms with Crippen LogP contribution in [0.15, 0.2) is 125 Å². The van der Waals surface area contributed by atoms with E-state index in [1.807, 2.05) is 61.5 Å². The standard InChI is InChI=1S/C46H54N2O8S3/c1-33-21-25-36(26-22-33)57-44(49)56-43-34(23-27-41-45(2,3)37-17-6-8-19-39(37)47(41)29-10-12-31-58(50,51)52)15-14-16-35(43)24-28-42-46(4,5)38-18-7-9-20-40(38)48(42)30-11-13-32-59(53,54)55/h6-9,17-28H,10-16,29-32H2,1-5H3,(H-,50,51,52,53,54,55). The number of carbonyl (C=O) groups is 1. The SMILES string of the molecule is Cc1ccc(SC(=O)OC2=C(/C=C/C3=[N+](CCCCS(=O)(=O)O)c4ccccc4C3(C)C)CCC/C2=C\C=C2\N(CCCCS(=O)(=O)[O-])c3ccccc3C2(C)C)cc1. The van der Waals surface area contributed by atoms with Gasteiger partial charge in [0.15, 0.2) is 5.71 Å². The third kappa shape index (κ3) is 10.7. The van der Waals surface area contributed by atoms with E-state index in [-0.39, 0.29) is 23.0 Å². The van der Waals surface area contributed by atoms with E-state index in [1.54, 1.807) is 0 Å². The highest BCUT2D eigenvalue weighted by Gasteiger charge is 2.44. The Morgan fingerprint density at radius 2 is 1.53 bits per heavy atom. The number of rotatable bonds is 15. The lowest BCUT2D eigenvalue weighted by atomic mass is 9.81. The minimum Gasteiger partial charge on any atom is -0.748 e. The fourth-order valence-corrected chi connectivity index (χ4v) is 10.1. The van der Waals surface area contributed by atoms with Crippen molar-refractivity contribution in [2.24, 2.45) is 0 Å². The van der Waals surface area contributed by atoms with Crippen molar-refractivity contribution >= 4 is 54.4 Å². The predicted octanol–water partition coefficient (Wildman–Crippen LogP) is 9.90. The molecule has 1 N–H and O–H groups in total. The molecule has 13 heteroatoms. The van der Waals surface area contributed by atoms with E-state index in [0.29, 0.717) is 51.0 Å². The van der Waals surface area contributed by atoms with Gasteiger partial charge in [-0.2, -0.15) is 13.0 Å². The van der Waals surface area contributed by atoms with Crippen LogP contribution in [0.3, 0.4) is 0 Å². The summed E-state index contributed by atoms with van der Waals surface area (Å²) in [5.74, 6) is -0.181. The van der Waals surface area contributed by atoms with Gasteiger partial charge in [-0.1, -0.05) is 74.0 Å². The molecular formula is C46H54N2O8S3. The number of nitrogens with zero attached hydrogens (tertiary/aromatic N) is 2. The summed E-state index contributed by atoms with van der Waals surface area (Å²) in [6.45, 7) is 11.8. The second-order valence-electron chi connectivity index (χ2n) is 16.5. The van der Waals surface area contributed by atoms with Gasteiger partial charge in [0.2, 0.25) is 5.69 Å². The third-order valence-electron chi connectivity index (χ3n) is 11.4. The van der Waals surface area contributed by atoms with Crippen molar-refractivity contribution in [2.75, 3.05) is 29.5 Å². The number of thioether (sulfide) groups is 1. The Balaban J connectivity index is 1.40. The van der Waals surface area contributed by atoms with Crippen LogP contribution in [0.1, 0.15) is 89.3 Å². The molecule has 59 heavy (non-hydrogen) atoms. The summed E-state index contributed by atoms with van der Waals surface area (Å²) in [6, 6.07) is 24.1. The van der Waals surface area contributed by atoms with Crippen molar-refractivity contribution < 1.29 is 40.0 Å². The number of unbranched alkanes of at least 4 members (excludes halogenated alkanes) is 2. The van der Waals surface area contributed by atoms with Gasteiger partial charge in [0, 0.05) is 58.1 Å². The van der Waals surface area contributed by atoms with Crippen LogP contribution in [-0.4, -0.2) is 66.1 Å². The smallest absolute Gasteiger partial charge is 0.377 e. The fraction of sp³-hybridized carbons (Fsp3) is 0.391. The highest BCUT2D eigenvalue weighted by Crippen LogP contribution is 2.48. The largest absolute Gasteiger partial charge is 0.748 e. The van der Waals surface area contributed by atoms with Crippen LogP contribution in [0.4, 0.5) is 16.2 Å². The molecule has 0 unspecified atom stereocenters. The second-order valence-corrected chi connectivity index (χ2v) is 20.6. The maximum atomic E-state index is 13.7. The zero-order valence-electron chi connectivity index (χ0n) is 34.4. The van der Waals surface area contributed by atoms with Gasteiger partial charge in [0.25, 0.3) is 10.1 Å². The fourth-order valence-electron chi connectivity index (χ4n) is 8.38. The molecule has 314 valence electrons. The Hall–Kier alpha value is -4.27. The number of hydrogen-bond donors (Lipinski definition) is 1. The van der Waals surface area contributed by atoms with Crippen molar-refractivity contribution in [2.45, 2.75) is 95.3 Å². The Labute approximate surface area is 354 Å². The molecule has 0 bridgehead atoms. The third-order valence-corrected chi connectivity index (χ3v) is 13.8. The normalized spacial score (nSPS) is 18.9. The summed E-state index contributed by atoms with van der Waals surface area (Å²) in [4.78, 5) is 16.7. The topological polar surface area (TPSA) is 144 Å². The Kier molecular flexibility index (Phi) is 13.6. The van der Waals surface area contributed by atoms with E-state index in [0.717, 1.165) is 73.7 Å². The quantitative estimate of drug-likeness (QED) is 0.0516. The molecule has 0 spiro atoms. The molecule has 3 aliphatic rings. The number of carbonyl (C=O) groups excluding carboxylic acids is 1. The van der Waals surface area contributed by atoms with Crippen molar-refractivity contribution in [3.05, 3.63) is 136 Å². The van der Waals surface area contributed by atoms with Crippen LogP contribution in [0.2, 0.25) is 0 Å². The van der Waals surface area contributed by atoms with E-state index in [2.05, 4.69) is 79.7 Å². The molecule has 2 heterocycles. The number of allylic oxidation sites excluding steroid dienone is 7. The molecule has 0 saturated heterocycles. The average molecular weight is 859 g/mol. The first-order chi connectivity index (χ1) is 27.8. The monoisotopic (exact) mass is 858 g/mol. The van der Waals surface area contributed by atoms with Crippen molar-refractivity contribution in [3.8, 4) is 0 Å². The maximum Gasteiger partial charge on any atom is 0.377 e. The molecular weight excluding hydrogens is 805 g/mol.